The van der Waals surface area contributed by atoms with Gasteiger partial charge >= 0.3 is 0 Å². The molecule has 0 radical (unpaired) electrons. The monoisotopic (exact) mass is 287 g/mol. The molecule has 1 aromatic carbocycles. The summed E-state index contributed by atoms with van der Waals surface area (Å²) in [4.78, 5) is 0. The Morgan fingerprint density at radius 1 is 1.29 bits per heavy atom. The molecule has 2 N–H and O–H groups in total. The summed E-state index contributed by atoms with van der Waals surface area (Å²) in [5, 5.41) is 17.8. The highest BCUT2D eigenvalue weighted by atomic mass is 16.3. The number of aryl methyl sites for hydroxylation is 1. The molecule has 0 spiro atoms. The van der Waals surface area contributed by atoms with E-state index < -0.39 is 6.10 Å². The number of para-hydroxylation sites is 1. The third-order valence-corrected chi connectivity index (χ3v) is 3.50. The van der Waals surface area contributed by atoms with Crippen molar-refractivity contribution in [2.75, 3.05) is 5.32 Å². The maximum absolute atomic E-state index is 9.83. The molecule has 0 saturated carbocycles. The zero-order valence-corrected chi connectivity index (χ0v) is 13.5. The number of hydrogen-bond acceptors (Lipinski definition) is 3. The standard InChI is InChI=1S/C17H25N3O/c1-12(21)14-8-6-7-9-15(14)18-10-13-11-20(5)19-16(13)17(2,3)4/h6-9,11-12,18,21H,10H2,1-5H3. The Bertz CT molecular complexity index is 609. The van der Waals surface area contributed by atoms with Gasteiger partial charge in [-0.25, -0.2) is 0 Å². The molecule has 0 aliphatic heterocycles. The van der Waals surface area contributed by atoms with Gasteiger partial charge < -0.3 is 10.4 Å². The molecule has 0 aliphatic carbocycles. The lowest BCUT2D eigenvalue weighted by atomic mass is 9.89. The molecule has 1 unspecified atom stereocenters. The van der Waals surface area contributed by atoms with E-state index in [4.69, 9.17) is 0 Å². The summed E-state index contributed by atoms with van der Waals surface area (Å²) in [6, 6.07) is 7.86. The van der Waals surface area contributed by atoms with E-state index in [-0.39, 0.29) is 5.41 Å². The normalized spacial score (nSPS) is 13.2. The first-order chi connectivity index (χ1) is 9.79. The van der Waals surface area contributed by atoms with Gasteiger partial charge in [0.05, 0.1) is 11.8 Å². The molecule has 4 nitrogen and oxygen atoms in total. The van der Waals surface area contributed by atoms with Crippen molar-refractivity contribution in [2.24, 2.45) is 7.05 Å². The number of nitrogens with one attached hydrogen (secondary N) is 1. The Morgan fingerprint density at radius 3 is 2.57 bits per heavy atom. The number of aromatic nitrogens is 2. The minimum absolute atomic E-state index is 0.0159. The van der Waals surface area contributed by atoms with E-state index >= 15 is 0 Å². The zero-order valence-electron chi connectivity index (χ0n) is 13.5. The molecule has 4 heteroatoms. The Balaban J connectivity index is 2.22. The summed E-state index contributed by atoms with van der Waals surface area (Å²) in [6.45, 7) is 8.99. The number of benzene rings is 1. The molecule has 0 aliphatic rings. The molecule has 21 heavy (non-hydrogen) atoms. The van der Waals surface area contributed by atoms with Crippen LogP contribution in [0.5, 0.6) is 0 Å². The number of rotatable bonds is 4. The van der Waals surface area contributed by atoms with Gasteiger partial charge in [-0.3, -0.25) is 4.68 Å². The fourth-order valence-corrected chi connectivity index (χ4v) is 2.51. The van der Waals surface area contributed by atoms with E-state index in [9.17, 15) is 5.11 Å². The zero-order chi connectivity index (χ0) is 15.6. The Kier molecular flexibility index (Phi) is 4.37. The van der Waals surface area contributed by atoms with Crippen molar-refractivity contribution in [3.63, 3.8) is 0 Å². The molecule has 2 rings (SSSR count). The van der Waals surface area contributed by atoms with Crippen LogP contribution in [0.2, 0.25) is 0 Å². The van der Waals surface area contributed by atoms with E-state index in [1.807, 2.05) is 36.0 Å². The predicted octanol–water partition coefficient (Wildman–Crippen LogP) is 3.38. The van der Waals surface area contributed by atoms with Gasteiger partial charge in [0.1, 0.15) is 0 Å². The van der Waals surface area contributed by atoms with Crippen LogP contribution in [-0.2, 0) is 19.0 Å². The topological polar surface area (TPSA) is 50.1 Å². The highest BCUT2D eigenvalue weighted by Gasteiger charge is 2.21. The average Bonchev–Trinajstić information content (AvgIpc) is 2.78. The molecule has 1 heterocycles. The van der Waals surface area contributed by atoms with E-state index in [0.29, 0.717) is 6.54 Å². The lowest BCUT2D eigenvalue weighted by Crippen LogP contribution is -2.16. The average molecular weight is 287 g/mol. The van der Waals surface area contributed by atoms with Crippen molar-refractivity contribution in [3.8, 4) is 0 Å². The smallest absolute Gasteiger partial charge is 0.0781 e. The van der Waals surface area contributed by atoms with Gasteiger partial charge in [0.15, 0.2) is 0 Å². The van der Waals surface area contributed by atoms with Crippen molar-refractivity contribution >= 4 is 5.69 Å². The van der Waals surface area contributed by atoms with Gasteiger partial charge in [-0.05, 0) is 13.0 Å². The summed E-state index contributed by atoms with van der Waals surface area (Å²) in [5.41, 5.74) is 4.19. The summed E-state index contributed by atoms with van der Waals surface area (Å²) in [7, 11) is 1.95. The lowest BCUT2D eigenvalue weighted by molar-refractivity contribution is 0.200. The predicted molar refractivity (Wildman–Crippen MR) is 86.3 cm³/mol. The molecule has 1 atom stereocenters. The van der Waals surface area contributed by atoms with Crippen LogP contribution < -0.4 is 5.32 Å². The fourth-order valence-electron chi connectivity index (χ4n) is 2.51. The van der Waals surface area contributed by atoms with Gasteiger partial charge in [-0.2, -0.15) is 5.10 Å². The summed E-state index contributed by atoms with van der Waals surface area (Å²) in [6.07, 6.45) is 1.57. The van der Waals surface area contributed by atoms with Crippen molar-refractivity contribution in [3.05, 3.63) is 47.3 Å². The van der Waals surface area contributed by atoms with Crippen molar-refractivity contribution < 1.29 is 5.11 Å². The molecule has 0 bridgehead atoms. The molecule has 114 valence electrons. The van der Waals surface area contributed by atoms with E-state index in [1.165, 1.54) is 5.56 Å². The highest BCUT2D eigenvalue weighted by Crippen LogP contribution is 2.26. The largest absolute Gasteiger partial charge is 0.389 e. The Morgan fingerprint density at radius 2 is 1.95 bits per heavy atom. The quantitative estimate of drug-likeness (QED) is 0.906. The van der Waals surface area contributed by atoms with Crippen LogP contribution in [0.3, 0.4) is 0 Å². The fraction of sp³-hybridized carbons (Fsp3) is 0.471. The first kappa shape index (κ1) is 15.6. The SMILES string of the molecule is CC(O)c1ccccc1NCc1cn(C)nc1C(C)(C)C. The number of anilines is 1. The molecule has 2 aromatic rings. The van der Waals surface area contributed by atoms with Gasteiger partial charge in [0.2, 0.25) is 0 Å². The first-order valence-electron chi connectivity index (χ1n) is 7.33. The van der Waals surface area contributed by atoms with Crippen LogP contribution in [0.1, 0.15) is 50.6 Å². The molecule has 0 amide bonds. The molecular formula is C17H25N3O. The Labute approximate surface area is 126 Å². The van der Waals surface area contributed by atoms with Crippen LogP contribution in [-0.4, -0.2) is 14.9 Å². The minimum atomic E-state index is -0.482. The summed E-state index contributed by atoms with van der Waals surface area (Å²) >= 11 is 0. The van der Waals surface area contributed by atoms with E-state index in [2.05, 4.69) is 37.4 Å². The third kappa shape index (κ3) is 3.64. The number of aliphatic hydroxyl groups excluding tert-OH is 1. The maximum Gasteiger partial charge on any atom is 0.0781 e. The number of aliphatic hydroxyl groups is 1. The number of nitrogens with zero attached hydrogens (tertiary/aromatic N) is 2. The van der Waals surface area contributed by atoms with Gasteiger partial charge in [-0.1, -0.05) is 39.0 Å². The molecular weight excluding hydrogens is 262 g/mol. The van der Waals surface area contributed by atoms with E-state index in [0.717, 1.165) is 16.9 Å². The second-order valence-electron chi connectivity index (χ2n) is 6.54. The first-order valence-corrected chi connectivity index (χ1v) is 7.33. The van der Waals surface area contributed by atoms with Crippen molar-refractivity contribution in [1.82, 2.24) is 9.78 Å². The number of hydrogen-bond donors (Lipinski definition) is 2. The van der Waals surface area contributed by atoms with Crippen LogP contribution in [0, 0.1) is 0 Å². The highest BCUT2D eigenvalue weighted by molar-refractivity contribution is 5.52. The van der Waals surface area contributed by atoms with Crippen LogP contribution in [0.15, 0.2) is 30.5 Å². The van der Waals surface area contributed by atoms with Crippen LogP contribution >= 0.6 is 0 Å². The molecule has 0 saturated heterocycles. The second kappa shape index (κ2) is 5.90. The van der Waals surface area contributed by atoms with Crippen LogP contribution in [0.4, 0.5) is 5.69 Å². The molecule has 0 fully saturated rings. The van der Waals surface area contributed by atoms with Gasteiger partial charge in [0, 0.05) is 42.0 Å². The second-order valence-corrected chi connectivity index (χ2v) is 6.54. The summed E-state index contributed by atoms with van der Waals surface area (Å²) in [5.74, 6) is 0. The van der Waals surface area contributed by atoms with E-state index in [1.54, 1.807) is 6.92 Å². The molecule has 1 aromatic heterocycles. The van der Waals surface area contributed by atoms with Gasteiger partial charge in [0.25, 0.3) is 0 Å². The minimum Gasteiger partial charge on any atom is -0.389 e. The summed E-state index contributed by atoms with van der Waals surface area (Å²) < 4.78 is 1.86. The lowest BCUT2D eigenvalue weighted by Gasteiger charge is -2.19. The maximum atomic E-state index is 9.83. The van der Waals surface area contributed by atoms with Crippen LogP contribution in [0.25, 0.3) is 0 Å². The Hall–Kier alpha value is -1.81. The third-order valence-electron chi connectivity index (χ3n) is 3.50. The van der Waals surface area contributed by atoms with Crippen molar-refractivity contribution in [1.29, 1.82) is 0 Å². The van der Waals surface area contributed by atoms with Crippen molar-refractivity contribution in [2.45, 2.75) is 45.8 Å². The van der Waals surface area contributed by atoms with Gasteiger partial charge in [-0.15, -0.1) is 0 Å².